The molecule has 5 nitrogen and oxygen atoms in total. The molecule has 0 radical (unpaired) electrons. The summed E-state index contributed by atoms with van der Waals surface area (Å²) in [6, 6.07) is 22.8. The molecule has 31 heavy (non-hydrogen) atoms. The van der Waals surface area contributed by atoms with Crippen LogP contribution in [0.15, 0.2) is 77.6 Å². The molecule has 0 aliphatic rings. The molecular weight excluding hydrogens is 388 g/mol. The van der Waals surface area contributed by atoms with Crippen LogP contribution in [-0.4, -0.2) is 15.5 Å². The SMILES string of the molecule is Cc1ccc(COC(=O)CCc2nc3ccccc3c(=O)n2-c2ccc(C)cc2)cc1. The fraction of sp³-hybridized carbons (Fsp3) is 0.192. The number of esters is 1. The van der Waals surface area contributed by atoms with Crippen molar-refractivity contribution in [2.45, 2.75) is 33.3 Å². The molecule has 1 heterocycles. The van der Waals surface area contributed by atoms with Crippen molar-refractivity contribution in [3.63, 3.8) is 0 Å². The van der Waals surface area contributed by atoms with Crippen molar-refractivity contribution in [3.8, 4) is 5.69 Å². The van der Waals surface area contributed by atoms with E-state index in [1.807, 2.05) is 80.6 Å². The first-order chi connectivity index (χ1) is 15.0. The molecule has 0 fully saturated rings. The van der Waals surface area contributed by atoms with Gasteiger partial charge in [-0.2, -0.15) is 0 Å². The van der Waals surface area contributed by atoms with E-state index in [4.69, 9.17) is 4.74 Å². The number of benzene rings is 3. The number of hydrogen-bond donors (Lipinski definition) is 0. The van der Waals surface area contributed by atoms with Crippen molar-refractivity contribution in [3.05, 3.63) is 106 Å². The van der Waals surface area contributed by atoms with E-state index in [0.29, 0.717) is 23.1 Å². The lowest BCUT2D eigenvalue weighted by Crippen LogP contribution is -2.24. The topological polar surface area (TPSA) is 61.2 Å². The van der Waals surface area contributed by atoms with E-state index in [1.165, 1.54) is 0 Å². The molecule has 0 saturated carbocycles. The number of aryl methyl sites for hydroxylation is 3. The van der Waals surface area contributed by atoms with Crippen molar-refractivity contribution in [1.29, 1.82) is 0 Å². The molecule has 0 unspecified atom stereocenters. The summed E-state index contributed by atoms with van der Waals surface area (Å²) in [5.41, 5.74) is 4.42. The van der Waals surface area contributed by atoms with Crippen LogP contribution in [0.3, 0.4) is 0 Å². The van der Waals surface area contributed by atoms with Crippen molar-refractivity contribution >= 4 is 16.9 Å². The van der Waals surface area contributed by atoms with E-state index in [-0.39, 0.29) is 24.6 Å². The Morgan fingerprint density at radius 1 is 0.903 bits per heavy atom. The van der Waals surface area contributed by atoms with Gasteiger partial charge in [0, 0.05) is 6.42 Å². The van der Waals surface area contributed by atoms with Crippen molar-refractivity contribution < 1.29 is 9.53 Å². The van der Waals surface area contributed by atoms with Gasteiger partial charge in [-0.25, -0.2) is 4.98 Å². The average Bonchev–Trinajstić information content (AvgIpc) is 2.78. The van der Waals surface area contributed by atoms with E-state index < -0.39 is 0 Å². The van der Waals surface area contributed by atoms with Crippen LogP contribution in [-0.2, 0) is 22.6 Å². The Morgan fingerprint density at radius 2 is 1.55 bits per heavy atom. The third-order valence-electron chi connectivity index (χ3n) is 5.21. The smallest absolute Gasteiger partial charge is 0.306 e. The van der Waals surface area contributed by atoms with Crippen LogP contribution in [0.2, 0.25) is 0 Å². The van der Waals surface area contributed by atoms with Crippen molar-refractivity contribution in [2.75, 3.05) is 0 Å². The van der Waals surface area contributed by atoms with Crippen LogP contribution in [0.1, 0.15) is 28.9 Å². The molecule has 5 heteroatoms. The number of hydrogen-bond acceptors (Lipinski definition) is 4. The number of ether oxygens (including phenoxy) is 1. The summed E-state index contributed by atoms with van der Waals surface area (Å²) < 4.78 is 7.01. The molecule has 0 atom stereocenters. The number of rotatable bonds is 6. The van der Waals surface area contributed by atoms with Crippen molar-refractivity contribution in [2.24, 2.45) is 0 Å². The standard InChI is InChI=1S/C26H24N2O3/c1-18-7-11-20(12-8-18)17-31-25(29)16-15-24-27-23-6-4-3-5-22(23)26(30)28(24)21-13-9-19(2)10-14-21/h3-14H,15-17H2,1-2H3. The lowest BCUT2D eigenvalue weighted by molar-refractivity contribution is -0.144. The molecule has 0 aliphatic heterocycles. The van der Waals surface area contributed by atoms with E-state index in [0.717, 1.165) is 22.4 Å². The van der Waals surface area contributed by atoms with Crippen LogP contribution in [0.25, 0.3) is 16.6 Å². The van der Waals surface area contributed by atoms with Gasteiger partial charge in [0.05, 0.1) is 23.0 Å². The molecular formula is C26H24N2O3. The van der Waals surface area contributed by atoms with Crippen LogP contribution in [0.5, 0.6) is 0 Å². The summed E-state index contributed by atoms with van der Waals surface area (Å²) in [5, 5.41) is 0.550. The fourth-order valence-corrected chi connectivity index (χ4v) is 3.44. The first-order valence-electron chi connectivity index (χ1n) is 10.3. The first kappa shape index (κ1) is 20.5. The Hall–Kier alpha value is -3.73. The van der Waals surface area contributed by atoms with E-state index in [1.54, 1.807) is 10.6 Å². The minimum atomic E-state index is -0.321. The molecule has 156 valence electrons. The summed E-state index contributed by atoms with van der Waals surface area (Å²) >= 11 is 0. The third kappa shape index (κ3) is 4.72. The zero-order chi connectivity index (χ0) is 21.8. The molecule has 3 aromatic carbocycles. The van der Waals surface area contributed by atoms with Crippen LogP contribution in [0.4, 0.5) is 0 Å². The van der Waals surface area contributed by atoms with Gasteiger partial charge in [-0.1, -0.05) is 59.7 Å². The predicted molar refractivity (Wildman–Crippen MR) is 121 cm³/mol. The van der Waals surface area contributed by atoms with E-state index in [2.05, 4.69) is 4.98 Å². The third-order valence-corrected chi connectivity index (χ3v) is 5.21. The zero-order valence-corrected chi connectivity index (χ0v) is 17.7. The Bertz CT molecular complexity index is 1270. The Kier molecular flexibility index (Phi) is 5.94. The molecule has 4 rings (SSSR count). The van der Waals surface area contributed by atoms with Gasteiger partial charge < -0.3 is 4.74 Å². The molecule has 1 aromatic heterocycles. The monoisotopic (exact) mass is 412 g/mol. The van der Waals surface area contributed by atoms with Crippen LogP contribution < -0.4 is 5.56 Å². The maximum absolute atomic E-state index is 13.2. The zero-order valence-electron chi connectivity index (χ0n) is 17.7. The minimum Gasteiger partial charge on any atom is -0.461 e. The highest BCUT2D eigenvalue weighted by Gasteiger charge is 2.14. The second-order valence-corrected chi connectivity index (χ2v) is 7.67. The predicted octanol–water partition coefficient (Wildman–Crippen LogP) is 4.68. The largest absolute Gasteiger partial charge is 0.461 e. The molecule has 0 saturated heterocycles. The lowest BCUT2D eigenvalue weighted by Gasteiger charge is -2.14. The summed E-state index contributed by atoms with van der Waals surface area (Å²) in [6.07, 6.45) is 0.448. The van der Waals surface area contributed by atoms with Gasteiger partial charge in [0.25, 0.3) is 5.56 Å². The van der Waals surface area contributed by atoms with Gasteiger partial charge >= 0.3 is 5.97 Å². The highest BCUT2D eigenvalue weighted by atomic mass is 16.5. The summed E-state index contributed by atoms with van der Waals surface area (Å²) in [5.74, 6) is 0.221. The maximum Gasteiger partial charge on any atom is 0.306 e. The average molecular weight is 412 g/mol. The van der Waals surface area contributed by atoms with E-state index in [9.17, 15) is 9.59 Å². The second kappa shape index (κ2) is 8.96. The number of nitrogens with zero attached hydrogens (tertiary/aromatic N) is 2. The van der Waals surface area contributed by atoms with Crippen LogP contribution in [0, 0.1) is 13.8 Å². The maximum atomic E-state index is 13.2. The number of fused-ring (bicyclic) bond motifs is 1. The highest BCUT2D eigenvalue weighted by Crippen LogP contribution is 2.15. The van der Waals surface area contributed by atoms with Gasteiger partial charge in [-0.15, -0.1) is 0 Å². The number of para-hydroxylation sites is 1. The quantitative estimate of drug-likeness (QED) is 0.432. The Morgan fingerprint density at radius 3 is 2.26 bits per heavy atom. The summed E-state index contributed by atoms with van der Waals surface area (Å²) in [6.45, 7) is 4.24. The number of carbonyl (C=O) groups excluding carboxylic acids is 1. The Labute approximate surface area is 181 Å². The minimum absolute atomic E-state index is 0.141. The summed E-state index contributed by atoms with van der Waals surface area (Å²) in [4.78, 5) is 30.3. The number of aromatic nitrogens is 2. The fourth-order valence-electron chi connectivity index (χ4n) is 3.44. The normalized spacial score (nSPS) is 10.9. The highest BCUT2D eigenvalue weighted by molar-refractivity contribution is 5.78. The van der Waals surface area contributed by atoms with Crippen molar-refractivity contribution in [1.82, 2.24) is 9.55 Å². The van der Waals surface area contributed by atoms with E-state index >= 15 is 0 Å². The Balaban J connectivity index is 1.58. The second-order valence-electron chi connectivity index (χ2n) is 7.67. The molecule has 0 aliphatic carbocycles. The number of carbonyl (C=O) groups is 1. The van der Waals surface area contributed by atoms with Gasteiger partial charge in [0.2, 0.25) is 0 Å². The lowest BCUT2D eigenvalue weighted by atomic mass is 10.1. The molecule has 4 aromatic rings. The van der Waals surface area contributed by atoms with Gasteiger partial charge in [-0.05, 0) is 43.7 Å². The van der Waals surface area contributed by atoms with Crippen LogP contribution >= 0.6 is 0 Å². The first-order valence-corrected chi connectivity index (χ1v) is 10.3. The van der Waals surface area contributed by atoms with Gasteiger partial charge in [-0.3, -0.25) is 14.2 Å². The molecule has 0 amide bonds. The molecule has 0 N–H and O–H groups in total. The molecule has 0 bridgehead atoms. The van der Waals surface area contributed by atoms with Gasteiger partial charge in [0.1, 0.15) is 12.4 Å². The molecule has 0 spiro atoms. The van der Waals surface area contributed by atoms with Gasteiger partial charge in [0.15, 0.2) is 0 Å². The summed E-state index contributed by atoms with van der Waals surface area (Å²) in [7, 11) is 0.